The van der Waals surface area contributed by atoms with Crippen LogP contribution in [0.5, 0.6) is 5.75 Å². The van der Waals surface area contributed by atoms with Gasteiger partial charge in [0.25, 0.3) is 0 Å². The van der Waals surface area contributed by atoms with Gasteiger partial charge in [0.2, 0.25) is 10.0 Å². The van der Waals surface area contributed by atoms with Gasteiger partial charge in [0.05, 0.1) is 24.6 Å². The maximum Gasteiger partial charge on any atom is 0.407 e. The second-order valence-electron chi connectivity index (χ2n) is 10.1. The molecule has 1 fully saturated rings. The minimum Gasteiger partial charge on any atom is -0.465 e. The van der Waals surface area contributed by atoms with Crippen molar-refractivity contribution in [2.24, 2.45) is 0 Å². The van der Waals surface area contributed by atoms with Crippen LogP contribution in [0.15, 0.2) is 54.8 Å². The summed E-state index contributed by atoms with van der Waals surface area (Å²) >= 11 is 0. The Morgan fingerprint density at radius 2 is 1.84 bits per heavy atom. The van der Waals surface area contributed by atoms with E-state index in [0.29, 0.717) is 24.2 Å². The first-order valence-electron chi connectivity index (χ1n) is 12.1. The summed E-state index contributed by atoms with van der Waals surface area (Å²) in [6, 6.07) is 10.00. The van der Waals surface area contributed by atoms with Gasteiger partial charge in [0.15, 0.2) is 0 Å². The lowest BCUT2D eigenvalue weighted by Gasteiger charge is -2.40. The van der Waals surface area contributed by atoms with Crippen molar-refractivity contribution in [2.75, 3.05) is 12.8 Å². The Balaban J connectivity index is 1.90. The molecule has 2 unspecified atom stereocenters. The zero-order valence-corrected chi connectivity index (χ0v) is 22.6. The number of halogens is 1. The number of likely N-dealkylation sites (tertiary alicyclic amines) is 1. The Labute approximate surface area is 222 Å². The number of amides is 1. The summed E-state index contributed by atoms with van der Waals surface area (Å²) < 4.78 is 53.1. The molecule has 0 bridgehead atoms. The van der Waals surface area contributed by atoms with E-state index in [9.17, 15) is 23.1 Å². The van der Waals surface area contributed by atoms with E-state index in [0.717, 1.165) is 17.2 Å². The van der Waals surface area contributed by atoms with Gasteiger partial charge >= 0.3 is 12.1 Å². The zero-order chi connectivity index (χ0) is 28.1. The van der Waals surface area contributed by atoms with E-state index in [2.05, 4.69) is 4.72 Å². The summed E-state index contributed by atoms with van der Waals surface area (Å²) in [5, 5.41) is 9.72. The molecule has 3 rings (SSSR count). The van der Waals surface area contributed by atoms with Crippen LogP contribution in [0.3, 0.4) is 0 Å². The van der Waals surface area contributed by atoms with Gasteiger partial charge in [-0.05, 0) is 51.7 Å². The van der Waals surface area contributed by atoms with Crippen LogP contribution in [0.25, 0.3) is 11.1 Å². The standard InChI is InChI=1S/C27H33FN2O7S/c1-27(2,3)37-24(31)14-16-36-23-13-6-5-10-19(23)20-11-7-9-18(25(20)28)17-22-21(29-38(4,34)35)12-8-15-30(22)26(32)33/h5-7,9-11,13-14,16,21-22,29H,8,12,15,17H2,1-4H3,(H,32,33)/b16-14-. The van der Waals surface area contributed by atoms with Crippen LogP contribution in [-0.4, -0.2) is 61.0 Å². The molecular weight excluding hydrogens is 515 g/mol. The number of nitrogens with one attached hydrogen (secondary N) is 1. The highest BCUT2D eigenvalue weighted by Crippen LogP contribution is 2.34. The van der Waals surface area contributed by atoms with Crippen LogP contribution in [0.4, 0.5) is 9.18 Å². The molecule has 0 saturated carbocycles. The molecule has 1 heterocycles. The molecule has 1 aliphatic rings. The minimum absolute atomic E-state index is 0.0271. The van der Waals surface area contributed by atoms with Crippen LogP contribution >= 0.6 is 0 Å². The first-order chi connectivity index (χ1) is 17.7. The lowest BCUT2D eigenvalue weighted by molar-refractivity contribution is -0.148. The molecule has 11 heteroatoms. The SMILES string of the molecule is CC(C)(C)OC(=O)/C=C\Oc1ccccc1-c1cccc(CC2C(NS(C)(=O)=O)CCCN2C(=O)O)c1F. The zero-order valence-electron chi connectivity index (χ0n) is 21.8. The van der Waals surface area contributed by atoms with E-state index < -0.39 is 45.6 Å². The van der Waals surface area contributed by atoms with Crippen molar-refractivity contribution in [3.8, 4) is 16.9 Å². The minimum atomic E-state index is -3.61. The highest BCUT2D eigenvalue weighted by atomic mass is 32.2. The van der Waals surface area contributed by atoms with Gasteiger partial charge in [-0.2, -0.15) is 0 Å². The lowest BCUT2D eigenvalue weighted by atomic mass is 9.90. The lowest BCUT2D eigenvalue weighted by Crippen LogP contribution is -2.57. The fraction of sp³-hybridized carbons (Fsp3) is 0.407. The number of ether oxygens (including phenoxy) is 2. The summed E-state index contributed by atoms with van der Waals surface area (Å²) in [5.41, 5.74) is 0.215. The van der Waals surface area contributed by atoms with Crippen molar-refractivity contribution in [3.63, 3.8) is 0 Å². The third-order valence-electron chi connectivity index (χ3n) is 5.88. The highest BCUT2D eigenvalue weighted by Gasteiger charge is 2.36. The largest absolute Gasteiger partial charge is 0.465 e. The number of sulfonamides is 1. The summed E-state index contributed by atoms with van der Waals surface area (Å²) in [5.74, 6) is -0.866. The average molecular weight is 549 g/mol. The number of esters is 1. The molecule has 0 spiro atoms. The Kier molecular flexibility index (Phi) is 9.16. The molecule has 0 aromatic heterocycles. The topological polar surface area (TPSA) is 122 Å². The number of benzene rings is 2. The van der Waals surface area contributed by atoms with Crippen molar-refractivity contribution in [2.45, 2.75) is 57.7 Å². The Morgan fingerprint density at radius 1 is 1.16 bits per heavy atom. The van der Waals surface area contributed by atoms with Crippen molar-refractivity contribution in [1.82, 2.24) is 9.62 Å². The summed E-state index contributed by atoms with van der Waals surface area (Å²) in [7, 11) is -3.61. The third-order valence-corrected chi connectivity index (χ3v) is 6.61. The van der Waals surface area contributed by atoms with Crippen molar-refractivity contribution < 1.29 is 37.0 Å². The maximum absolute atomic E-state index is 15.9. The normalized spacial score (nSPS) is 18.4. The molecule has 2 aromatic rings. The number of piperidine rings is 1. The van der Waals surface area contributed by atoms with E-state index in [1.54, 1.807) is 63.2 Å². The van der Waals surface area contributed by atoms with E-state index in [-0.39, 0.29) is 24.1 Å². The van der Waals surface area contributed by atoms with Crippen LogP contribution in [0.1, 0.15) is 39.2 Å². The Morgan fingerprint density at radius 3 is 2.50 bits per heavy atom. The first-order valence-corrected chi connectivity index (χ1v) is 14.0. The molecule has 9 nitrogen and oxygen atoms in total. The van der Waals surface area contributed by atoms with Crippen LogP contribution in [-0.2, 0) is 26.0 Å². The number of para-hydroxylation sites is 1. The molecule has 1 amide bonds. The fourth-order valence-electron chi connectivity index (χ4n) is 4.42. The monoisotopic (exact) mass is 548 g/mol. The number of rotatable bonds is 8. The molecule has 2 aromatic carbocycles. The van der Waals surface area contributed by atoms with Crippen molar-refractivity contribution >= 4 is 22.1 Å². The number of carbonyl (C=O) groups excluding carboxylic acids is 1. The fourth-order valence-corrected chi connectivity index (χ4v) is 5.25. The maximum atomic E-state index is 15.9. The smallest absolute Gasteiger partial charge is 0.407 e. The molecule has 1 aliphatic heterocycles. The predicted octanol–water partition coefficient (Wildman–Crippen LogP) is 4.33. The van der Waals surface area contributed by atoms with Gasteiger partial charge in [0, 0.05) is 23.7 Å². The van der Waals surface area contributed by atoms with E-state index in [1.807, 2.05) is 0 Å². The molecule has 0 radical (unpaired) electrons. The number of carbonyl (C=O) groups is 2. The highest BCUT2D eigenvalue weighted by molar-refractivity contribution is 7.88. The van der Waals surface area contributed by atoms with Crippen molar-refractivity contribution in [3.05, 3.63) is 66.2 Å². The van der Waals surface area contributed by atoms with Gasteiger partial charge in [-0.1, -0.05) is 36.4 Å². The molecule has 2 atom stereocenters. The number of hydrogen-bond acceptors (Lipinski definition) is 6. The number of hydrogen-bond donors (Lipinski definition) is 2. The van der Waals surface area contributed by atoms with E-state index in [1.165, 1.54) is 6.26 Å². The number of carboxylic acid groups (broad SMARTS) is 1. The summed E-state index contributed by atoms with van der Waals surface area (Å²) in [6.07, 6.45) is 3.02. The van der Waals surface area contributed by atoms with Gasteiger partial charge < -0.3 is 19.5 Å². The summed E-state index contributed by atoms with van der Waals surface area (Å²) in [4.78, 5) is 25.0. The summed E-state index contributed by atoms with van der Waals surface area (Å²) in [6.45, 7) is 5.46. The molecule has 2 N–H and O–H groups in total. The quantitative estimate of drug-likeness (QED) is 0.286. The second-order valence-corrected chi connectivity index (χ2v) is 11.9. The van der Waals surface area contributed by atoms with Crippen LogP contribution < -0.4 is 9.46 Å². The van der Waals surface area contributed by atoms with Gasteiger partial charge in [-0.25, -0.2) is 27.1 Å². The second kappa shape index (κ2) is 12.0. The molecule has 38 heavy (non-hydrogen) atoms. The van der Waals surface area contributed by atoms with Gasteiger partial charge in [-0.3, -0.25) is 0 Å². The van der Waals surface area contributed by atoms with Gasteiger partial charge in [0.1, 0.15) is 17.2 Å². The van der Waals surface area contributed by atoms with Crippen LogP contribution in [0.2, 0.25) is 0 Å². The molecule has 1 saturated heterocycles. The first kappa shape index (κ1) is 29.1. The molecule has 206 valence electrons. The predicted molar refractivity (Wildman–Crippen MR) is 141 cm³/mol. The van der Waals surface area contributed by atoms with Crippen molar-refractivity contribution in [1.29, 1.82) is 0 Å². The van der Waals surface area contributed by atoms with Gasteiger partial charge in [-0.15, -0.1) is 0 Å². The van der Waals surface area contributed by atoms with Crippen LogP contribution in [0, 0.1) is 5.82 Å². The average Bonchev–Trinajstić information content (AvgIpc) is 2.79. The molecule has 0 aliphatic carbocycles. The molecular formula is C27H33FN2O7S. The Hall–Kier alpha value is -3.44. The van der Waals surface area contributed by atoms with E-state index >= 15 is 4.39 Å². The third kappa shape index (κ3) is 8.03. The Bertz CT molecular complexity index is 1300. The number of nitrogens with zero attached hydrogens (tertiary/aromatic N) is 1. The van der Waals surface area contributed by atoms with E-state index in [4.69, 9.17) is 9.47 Å².